The second-order valence-electron chi connectivity index (χ2n) is 7.79. The number of rotatable bonds is 5. The van der Waals surface area contributed by atoms with Crippen molar-refractivity contribution >= 4 is 23.5 Å². The Morgan fingerprint density at radius 3 is 2.58 bits per heavy atom. The van der Waals surface area contributed by atoms with E-state index in [1.165, 1.54) is 14.2 Å². The van der Waals surface area contributed by atoms with Crippen molar-refractivity contribution in [1.29, 1.82) is 0 Å². The topological polar surface area (TPSA) is 88.2 Å². The molecule has 31 heavy (non-hydrogen) atoms. The summed E-state index contributed by atoms with van der Waals surface area (Å²) in [6, 6.07) is 12.2. The fourth-order valence-corrected chi connectivity index (χ4v) is 4.20. The molecular formula is C23H25N3O5. The lowest BCUT2D eigenvalue weighted by Crippen LogP contribution is -2.46. The molecular weight excluding hydrogens is 398 g/mol. The highest BCUT2D eigenvalue weighted by atomic mass is 16.5. The van der Waals surface area contributed by atoms with E-state index in [0.717, 1.165) is 29.0 Å². The smallest absolute Gasteiger partial charge is 0.325 e. The number of methoxy groups -OCH3 is 2. The first kappa shape index (κ1) is 20.7. The number of nitrogens with one attached hydrogen (secondary N) is 1. The van der Waals surface area contributed by atoms with E-state index in [0.29, 0.717) is 23.6 Å². The molecule has 1 saturated heterocycles. The second kappa shape index (κ2) is 7.94. The van der Waals surface area contributed by atoms with E-state index in [-0.39, 0.29) is 12.5 Å². The normalized spacial score (nSPS) is 20.4. The molecule has 2 aliphatic rings. The number of amides is 4. The van der Waals surface area contributed by atoms with Gasteiger partial charge in [0.1, 0.15) is 12.1 Å². The van der Waals surface area contributed by atoms with Crippen LogP contribution in [0, 0.1) is 0 Å². The molecule has 162 valence electrons. The number of fused-ring (bicyclic) bond motifs is 1. The standard InChI is InChI=1S/C23H25N3O5/c1-23(16-10-11-18(30-2)19(13-16)31-3)21(28)26(22(29)24-23)14-20(27)25-12-6-8-15-7-4-5-9-17(15)25/h4-5,7,9-11,13H,6,8,12,14H2,1-3H3,(H,24,29)/t23-/m1/s1. The zero-order chi connectivity index (χ0) is 22.2. The number of aryl methyl sites for hydroxylation is 1. The van der Waals surface area contributed by atoms with Gasteiger partial charge in [-0.1, -0.05) is 24.3 Å². The van der Waals surface area contributed by atoms with E-state index in [1.54, 1.807) is 30.0 Å². The van der Waals surface area contributed by atoms with E-state index in [9.17, 15) is 14.4 Å². The molecule has 8 nitrogen and oxygen atoms in total. The first-order valence-electron chi connectivity index (χ1n) is 10.1. The number of anilines is 1. The summed E-state index contributed by atoms with van der Waals surface area (Å²) in [6.07, 6.45) is 1.74. The molecule has 1 N–H and O–H groups in total. The minimum atomic E-state index is -1.31. The maximum absolute atomic E-state index is 13.3. The molecule has 2 aliphatic heterocycles. The third kappa shape index (κ3) is 3.48. The summed E-state index contributed by atoms with van der Waals surface area (Å²) < 4.78 is 10.6. The van der Waals surface area contributed by atoms with Gasteiger partial charge < -0.3 is 19.7 Å². The Bertz CT molecular complexity index is 1050. The summed E-state index contributed by atoms with van der Waals surface area (Å²) in [6.45, 7) is 1.86. The van der Waals surface area contributed by atoms with Gasteiger partial charge >= 0.3 is 6.03 Å². The Morgan fingerprint density at radius 1 is 1.10 bits per heavy atom. The van der Waals surface area contributed by atoms with Gasteiger partial charge in [-0.2, -0.15) is 0 Å². The number of carbonyl (C=O) groups is 3. The molecule has 0 bridgehead atoms. The van der Waals surface area contributed by atoms with Gasteiger partial charge in [-0.25, -0.2) is 4.79 Å². The molecule has 8 heteroatoms. The first-order valence-corrected chi connectivity index (χ1v) is 10.1. The van der Waals surface area contributed by atoms with Crippen molar-refractivity contribution in [2.75, 3.05) is 32.2 Å². The SMILES string of the molecule is COc1ccc([C@@]2(C)NC(=O)N(CC(=O)N3CCCc4ccccc43)C2=O)cc1OC. The molecule has 2 heterocycles. The number of ether oxygens (including phenoxy) is 2. The van der Waals surface area contributed by atoms with Crippen molar-refractivity contribution in [3.8, 4) is 11.5 Å². The maximum atomic E-state index is 13.3. The van der Waals surface area contributed by atoms with Crippen LogP contribution >= 0.6 is 0 Å². The summed E-state index contributed by atoms with van der Waals surface area (Å²) in [5, 5.41) is 2.73. The van der Waals surface area contributed by atoms with Crippen LogP contribution in [0.15, 0.2) is 42.5 Å². The fourth-order valence-electron chi connectivity index (χ4n) is 4.20. The zero-order valence-corrected chi connectivity index (χ0v) is 17.8. The van der Waals surface area contributed by atoms with Crippen molar-refractivity contribution in [3.05, 3.63) is 53.6 Å². The van der Waals surface area contributed by atoms with Crippen LogP contribution in [0.4, 0.5) is 10.5 Å². The highest BCUT2D eigenvalue weighted by Gasteiger charge is 2.50. The number of benzene rings is 2. The average molecular weight is 423 g/mol. The van der Waals surface area contributed by atoms with E-state index >= 15 is 0 Å². The van der Waals surface area contributed by atoms with Crippen LogP contribution in [-0.4, -0.2) is 50.1 Å². The molecule has 2 aromatic rings. The van der Waals surface area contributed by atoms with Gasteiger partial charge in [-0.05, 0) is 49.1 Å². The van der Waals surface area contributed by atoms with Crippen LogP contribution in [0.2, 0.25) is 0 Å². The van der Waals surface area contributed by atoms with Crippen molar-refractivity contribution in [2.45, 2.75) is 25.3 Å². The number of hydrogen-bond donors (Lipinski definition) is 1. The highest BCUT2D eigenvalue weighted by Crippen LogP contribution is 2.35. The molecule has 1 atom stereocenters. The average Bonchev–Trinajstić information content (AvgIpc) is 3.01. The van der Waals surface area contributed by atoms with Crippen molar-refractivity contribution in [2.24, 2.45) is 0 Å². The van der Waals surface area contributed by atoms with Gasteiger partial charge in [0, 0.05) is 12.2 Å². The summed E-state index contributed by atoms with van der Waals surface area (Å²) in [5.74, 6) is 0.195. The van der Waals surface area contributed by atoms with Gasteiger partial charge in [0.15, 0.2) is 11.5 Å². The second-order valence-corrected chi connectivity index (χ2v) is 7.79. The number of carbonyl (C=O) groups excluding carboxylic acids is 3. The quantitative estimate of drug-likeness (QED) is 0.747. The first-order chi connectivity index (χ1) is 14.9. The third-order valence-corrected chi connectivity index (χ3v) is 5.94. The Kier molecular flexibility index (Phi) is 5.31. The molecule has 0 aliphatic carbocycles. The number of nitrogens with zero attached hydrogens (tertiary/aromatic N) is 2. The minimum absolute atomic E-state index is 0.285. The van der Waals surface area contributed by atoms with E-state index < -0.39 is 17.5 Å². The van der Waals surface area contributed by atoms with Gasteiger partial charge in [0.2, 0.25) is 5.91 Å². The van der Waals surface area contributed by atoms with Crippen LogP contribution in [0.5, 0.6) is 11.5 Å². The lowest BCUT2D eigenvalue weighted by atomic mass is 9.91. The monoisotopic (exact) mass is 423 g/mol. The number of para-hydroxylation sites is 1. The lowest BCUT2D eigenvalue weighted by molar-refractivity contribution is -0.134. The van der Waals surface area contributed by atoms with E-state index in [4.69, 9.17) is 9.47 Å². The van der Waals surface area contributed by atoms with Gasteiger partial charge in [-0.3, -0.25) is 14.5 Å². The lowest BCUT2D eigenvalue weighted by Gasteiger charge is -2.30. The molecule has 0 unspecified atom stereocenters. The van der Waals surface area contributed by atoms with Gasteiger partial charge in [0.05, 0.1) is 14.2 Å². The van der Waals surface area contributed by atoms with Crippen LogP contribution in [0.1, 0.15) is 24.5 Å². The summed E-state index contributed by atoms with van der Waals surface area (Å²) in [7, 11) is 3.02. The molecule has 0 aromatic heterocycles. The Labute approximate surface area is 180 Å². The molecule has 2 aromatic carbocycles. The van der Waals surface area contributed by atoms with E-state index in [2.05, 4.69) is 5.32 Å². The Morgan fingerprint density at radius 2 is 1.84 bits per heavy atom. The molecule has 4 rings (SSSR count). The largest absolute Gasteiger partial charge is 0.493 e. The molecule has 0 radical (unpaired) electrons. The van der Waals surface area contributed by atoms with E-state index in [1.807, 2.05) is 24.3 Å². The summed E-state index contributed by atoms with van der Waals surface area (Å²) >= 11 is 0. The van der Waals surface area contributed by atoms with Gasteiger partial charge in [0.25, 0.3) is 5.91 Å². The predicted molar refractivity (Wildman–Crippen MR) is 114 cm³/mol. The zero-order valence-electron chi connectivity index (χ0n) is 17.8. The molecule has 1 fully saturated rings. The van der Waals surface area contributed by atoms with Crippen molar-refractivity contribution in [3.63, 3.8) is 0 Å². The highest BCUT2D eigenvalue weighted by molar-refractivity contribution is 6.10. The minimum Gasteiger partial charge on any atom is -0.493 e. The fraction of sp³-hybridized carbons (Fsp3) is 0.348. The number of hydrogen-bond acceptors (Lipinski definition) is 5. The van der Waals surface area contributed by atoms with Crippen LogP contribution < -0.4 is 19.7 Å². The van der Waals surface area contributed by atoms with Crippen LogP contribution in [0.25, 0.3) is 0 Å². The molecule has 4 amide bonds. The molecule has 0 spiro atoms. The third-order valence-electron chi connectivity index (χ3n) is 5.94. The predicted octanol–water partition coefficient (Wildman–Crippen LogP) is 2.45. The summed E-state index contributed by atoms with van der Waals surface area (Å²) in [5.41, 5.74) is 1.17. The Hall–Kier alpha value is -3.55. The molecule has 0 saturated carbocycles. The number of imide groups is 1. The maximum Gasteiger partial charge on any atom is 0.325 e. The Balaban J connectivity index is 1.57. The van der Waals surface area contributed by atoms with Crippen molar-refractivity contribution < 1.29 is 23.9 Å². The van der Waals surface area contributed by atoms with Crippen LogP contribution in [-0.2, 0) is 21.5 Å². The van der Waals surface area contributed by atoms with Crippen molar-refractivity contribution in [1.82, 2.24) is 10.2 Å². The number of urea groups is 1. The van der Waals surface area contributed by atoms with Gasteiger partial charge in [-0.15, -0.1) is 0 Å². The van der Waals surface area contributed by atoms with Crippen LogP contribution in [0.3, 0.4) is 0 Å². The summed E-state index contributed by atoms with van der Waals surface area (Å²) in [4.78, 5) is 41.6.